The Morgan fingerprint density at radius 2 is 2.35 bits per heavy atom. The van der Waals surface area contributed by atoms with Crippen LogP contribution < -0.4 is 0 Å². The molecular formula is C15H21NO3S. The summed E-state index contributed by atoms with van der Waals surface area (Å²) in [5.41, 5.74) is 0.760. The van der Waals surface area contributed by atoms with E-state index in [1.54, 1.807) is 11.3 Å². The van der Waals surface area contributed by atoms with Crippen LogP contribution in [0.15, 0.2) is 16.8 Å². The van der Waals surface area contributed by atoms with Gasteiger partial charge < -0.3 is 14.4 Å². The number of carbonyl (C=O) groups excluding carboxylic acids is 1. The molecule has 1 amide bonds. The van der Waals surface area contributed by atoms with Gasteiger partial charge in [0.15, 0.2) is 0 Å². The van der Waals surface area contributed by atoms with Crippen molar-refractivity contribution in [1.82, 2.24) is 4.90 Å². The quantitative estimate of drug-likeness (QED) is 0.860. The molecule has 0 aromatic carbocycles. The minimum atomic E-state index is -0.0503. The molecule has 5 heteroatoms. The van der Waals surface area contributed by atoms with E-state index < -0.39 is 0 Å². The summed E-state index contributed by atoms with van der Waals surface area (Å²) in [6.45, 7) is 5.04. The van der Waals surface area contributed by atoms with E-state index in [-0.39, 0.29) is 17.6 Å². The number of rotatable bonds is 3. The number of carbonyl (C=O) groups is 1. The minimum Gasteiger partial charge on any atom is -0.376 e. The van der Waals surface area contributed by atoms with Crippen LogP contribution >= 0.6 is 11.3 Å². The molecule has 2 aliphatic heterocycles. The molecule has 1 unspecified atom stereocenters. The zero-order valence-electron chi connectivity index (χ0n) is 11.8. The zero-order valence-corrected chi connectivity index (χ0v) is 12.7. The average Bonchev–Trinajstić information content (AvgIpc) is 3.10. The standard InChI is InChI=1S/C15H21NO3S/c1-2-18-13-9-15(19-10-13)4-6-16(7-5-15)14(17)12-3-8-20-11-12/h3,8,11,13H,2,4-7,9-10H2,1H3. The lowest BCUT2D eigenvalue weighted by atomic mass is 9.88. The van der Waals surface area contributed by atoms with E-state index in [4.69, 9.17) is 9.47 Å². The maximum atomic E-state index is 12.3. The zero-order chi connectivity index (χ0) is 14.0. The molecule has 1 spiro atoms. The third-order valence-electron chi connectivity index (χ3n) is 4.31. The van der Waals surface area contributed by atoms with Crippen LogP contribution in [0.5, 0.6) is 0 Å². The number of nitrogens with zero attached hydrogens (tertiary/aromatic N) is 1. The number of hydrogen-bond acceptors (Lipinski definition) is 4. The summed E-state index contributed by atoms with van der Waals surface area (Å²) in [4.78, 5) is 14.2. The van der Waals surface area contributed by atoms with Gasteiger partial charge in [-0.25, -0.2) is 0 Å². The molecule has 1 aromatic heterocycles. The number of ether oxygens (including phenoxy) is 2. The maximum Gasteiger partial charge on any atom is 0.254 e. The highest BCUT2D eigenvalue weighted by atomic mass is 32.1. The first kappa shape index (κ1) is 14.0. The largest absolute Gasteiger partial charge is 0.376 e. The van der Waals surface area contributed by atoms with Gasteiger partial charge in [0.2, 0.25) is 0 Å². The molecule has 1 aromatic rings. The van der Waals surface area contributed by atoms with Gasteiger partial charge in [0.05, 0.1) is 23.9 Å². The molecule has 3 rings (SSSR count). The second kappa shape index (κ2) is 5.84. The molecule has 0 N–H and O–H groups in total. The first-order valence-electron chi connectivity index (χ1n) is 7.29. The Labute approximate surface area is 123 Å². The minimum absolute atomic E-state index is 0.0503. The lowest BCUT2D eigenvalue weighted by molar-refractivity contribution is -0.0407. The number of piperidine rings is 1. The summed E-state index contributed by atoms with van der Waals surface area (Å²) in [6, 6.07) is 1.90. The highest BCUT2D eigenvalue weighted by Crippen LogP contribution is 2.37. The normalized spacial score (nSPS) is 25.2. The van der Waals surface area contributed by atoms with Crippen molar-refractivity contribution in [1.29, 1.82) is 0 Å². The molecule has 2 saturated heterocycles. The van der Waals surface area contributed by atoms with Gasteiger partial charge in [-0.1, -0.05) is 0 Å². The van der Waals surface area contributed by atoms with Crippen molar-refractivity contribution in [2.75, 3.05) is 26.3 Å². The summed E-state index contributed by atoms with van der Waals surface area (Å²) >= 11 is 1.57. The summed E-state index contributed by atoms with van der Waals surface area (Å²) in [7, 11) is 0. The molecule has 0 bridgehead atoms. The Morgan fingerprint density at radius 3 is 3.00 bits per heavy atom. The Hall–Kier alpha value is -0.910. The highest BCUT2D eigenvalue weighted by molar-refractivity contribution is 7.08. The van der Waals surface area contributed by atoms with Gasteiger partial charge in [-0.3, -0.25) is 4.79 Å². The highest BCUT2D eigenvalue weighted by Gasteiger charge is 2.43. The van der Waals surface area contributed by atoms with E-state index in [0.29, 0.717) is 6.61 Å². The second-order valence-corrected chi connectivity index (χ2v) is 6.36. The molecular weight excluding hydrogens is 274 g/mol. The molecule has 0 aliphatic carbocycles. The Balaban J connectivity index is 1.56. The molecule has 2 fully saturated rings. The first-order chi connectivity index (χ1) is 9.72. The summed E-state index contributed by atoms with van der Waals surface area (Å²) in [5, 5.41) is 3.87. The summed E-state index contributed by atoms with van der Waals surface area (Å²) < 4.78 is 11.7. The third-order valence-corrected chi connectivity index (χ3v) is 4.99. The predicted octanol–water partition coefficient (Wildman–Crippen LogP) is 2.55. The van der Waals surface area contributed by atoms with Gasteiger partial charge in [0.1, 0.15) is 0 Å². The van der Waals surface area contributed by atoms with E-state index in [0.717, 1.165) is 44.5 Å². The molecule has 110 valence electrons. The van der Waals surface area contributed by atoms with Crippen LogP contribution in [-0.2, 0) is 9.47 Å². The van der Waals surface area contributed by atoms with Crippen LogP contribution in [0.2, 0.25) is 0 Å². The molecule has 1 atom stereocenters. The van der Waals surface area contributed by atoms with Crippen LogP contribution in [-0.4, -0.2) is 48.8 Å². The monoisotopic (exact) mass is 295 g/mol. The Bertz CT molecular complexity index is 452. The van der Waals surface area contributed by atoms with Crippen molar-refractivity contribution >= 4 is 17.2 Å². The van der Waals surface area contributed by atoms with Gasteiger partial charge in [-0.2, -0.15) is 11.3 Å². The second-order valence-electron chi connectivity index (χ2n) is 5.58. The molecule has 4 nitrogen and oxygen atoms in total. The number of thiophene rings is 1. The van der Waals surface area contributed by atoms with Gasteiger partial charge in [0.25, 0.3) is 5.91 Å². The van der Waals surface area contributed by atoms with Crippen LogP contribution in [0.1, 0.15) is 36.5 Å². The molecule has 3 heterocycles. The topological polar surface area (TPSA) is 38.8 Å². The van der Waals surface area contributed by atoms with E-state index >= 15 is 0 Å². The molecule has 0 saturated carbocycles. The molecule has 20 heavy (non-hydrogen) atoms. The lowest BCUT2D eigenvalue weighted by Gasteiger charge is -2.38. The summed E-state index contributed by atoms with van der Waals surface area (Å²) in [5.74, 6) is 0.153. The smallest absolute Gasteiger partial charge is 0.254 e. The lowest BCUT2D eigenvalue weighted by Crippen LogP contribution is -2.46. The maximum absolute atomic E-state index is 12.3. The van der Waals surface area contributed by atoms with E-state index in [1.165, 1.54) is 0 Å². The predicted molar refractivity (Wildman–Crippen MR) is 78.2 cm³/mol. The summed E-state index contributed by atoms with van der Waals surface area (Å²) in [6.07, 6.45) is 3.05. The fourth-order valence-electron chi connectivity index (χ4n) is 3.18. The van der Waals surface area contributed by atoms with E-state index in [2.05, 4.69) is 0 Å². The fourth-order valence-corrected chi connectivity index (χ4v) is 3.81. The third kappa shape index (κ3) is 2.75. The average molecular weight is 295 g/mol. The number of likely N-dealkylation sites (tertiary alicyclic amines) is 1. The molecule has 2 aliphatic rings. The van der Waals surface area contributed by atoms with Gasteiger partial charge >= 0.3 is 0 Å². The van der Waals surface area contributed by atoms with Gasteiger partial charge in [-0.05, 0) is 31.2 Å². The number of hydrogen-bond donors (Lipinski definition) is 0. The van der Waals surface area contributed by atoms with Crippen molar-refractivity contribution in [3.05, 3.63) is 22.4 Å². The fraction of sp³-hybridized carbons (Fsp3) is 0.667. The Kier molecular flexibility index (Phi) is 4.10. The van der Waals surface area contributed by atoms with Crippen LogP contribution in [0.4, 0.5) is 0 Å². The van der Waals surface area contributed by atoms with Crippen LogP contribution in [0.25, 0.3) is 0 Å². The van der Waals surface area contributed by atoms with E-state index in [9.17, 15) is 4.79 Å². The SMILES string of the molecule is CCOC1COC2(CCN(C(=O)c3ccsc3)CC2)C1. The van der Waals surface area contributed by atoms with Crippen LogP contribution in [0, 0.1) is 0 Å². The van der Waals surface area contributed by atoms with Gasteiger partial charge in [0, 0.05) is 31.5 Å². The van der Waals surface area contributed by atoms with Crippen molar-refractivity contribution in [2.24, 2.45) is 0 Å². The van der Waals surface area contributed by atoms with Crippen LogP contribution in [0.3, 0.4) is 0 Å². The first-order valence-corrected chi connectivity index (χ1v) is 8.24. The van der Waals surface area contributed by atoms with Crippen molar-refractivity contribution in [3.8, 4) is 0 Å². The van der Waals surface area contributed by atoms with Gasteiger partial charge in [-0.15, -0.1) is 0 Å². The van der Waals surface area contributed by atoms with Crippen molar-refractivity contribution in [3.63, 3.8) is 0 Å². The van der Waals surface area contributed by atoms with Crippen molar-refractivity contribution < 1.29 is 14.3 Å². The number of amides is 1. The van der Waals surface area contributed by atoms with Crippen molar-refractivity contribution in [2.45, 2.75) is 37.9 Å². The Morgan fingerprint density at radius 1 is 1.55 bits per heavy atom. The van der Waals surface area contributed by atoms with E-state index in [1.807, 2.05) is 28.7 Å². The molecule has 0 radical (unpaired) electrons.